The Morgan fingerprint density at radius 1 is 1.40 bits per heavy atom. The zero-order valence-electron chi connectivity index (χ0n) is 6.75. The Morgan fingerprint density at radius 3 is 1.90 bits per heavy atom. The van der Waals surface area contributed by atoms with Crippen LogP contribution in [0.25, 0.3) is 0 Å². The Labute approximate surface area is 60.6 Å². The first-order valence-corrected chi connectivity index (χ1v) is 3.69. The summed E-state index contributed by atoms with van der Waals surface area (Å²) in [5.74, 6) is -2.65. The Morgan fingerprint density at radius 2 is 1.80 bits per heavy atom. The van der Waals surface area contributed by atoms with Gasteiger partial charge >= 0.3 is 0 Å². The van der Waals surface area contributed by atoms with Crippen LogP contribution in [0, 0.1) is 11.3 Å². The number of hydrogen-bond acceptors (Lipinski definition) is 0. The van der Waals surface area contributed by atoms with Crippen molar-refractivity contribution in [3.8, 4) is 0 Å². The van der Waals surface area contributed by atoms with Crippen molar-refractivity contribution in [2.45, 2.75) is 39.5 Å². The molecule has 0 aromatic rings. The predicted molar refractivity (Wildman–Crippen MR) is 37.1 cm³/mol. The maximum atomic E-state index is 12.3. The second-order valence-corrected chi connectivity index (χ2v) is 4.43. The van der Waals surface area contributed by atoms with Gasteiger partial charge in [-0.25, -0.2) is 8.78 Å². The number of halogens is 2. The van der Waals surface area contributed by atoms with Crippen LogP contribution in [0.4, 0.5) is 8.78 Å². The summed E-state index contributed by atoms with van der Waals surface area (Å²) in [5.41, 5.74) is 0.0601. The average Bonchev–Trinajstić information content (AvgIpc) is 2.05. The molecular weight excluding hydrogens is 134 g/mol. The second-order valence-electron chi connectivity index (χ2n) is 4.43. The first-order chi connectivity index (χ1) is 4.31. The van der Waals surface area contributed by atoms with Crippen LogP contribution in [0.3, 0.4) is 0 Å². The fraction of sp³-hybridized carbons (Fsp3) is 1.00. The van der Waals surface area contributed by atoms with Crippen molar-refractivity contribution in [2.75, 3.05) is 0 Å². The molecule has 0 N–H and O–H groups in total. The van der Waals surface area contributed by atoms with Crippen LogP contribution in [0.15, 0.2) is 0 Å². The molecule has 0 radical (unpaired) electrons. The van der Waals surface area contributed by atoms with Crippen molar-refractivity contribution >= 4 is 0 Å². The number of hydrogen-bond donors (Lipinski definition) is 0. The van der Waals surface area contributed by atoms with E-state index in [0.29, 0.717) is 6.42 Å². The van der Waals surface area contributed by atoms with Crippen molar-refractivity contribution in [2.24, 2.45) is 11.3 Å². The number of rotatable bonds is 1. The van der Waals surface area contributed by atoms with Crippen LogP contribution in [-0.2, 0) is 0 Å². The van der Waals surface area contributed by atoms with Gasteiger partial charge in [0.25, 0.3) is 5.92 Å². The maximum Gasteiger partial charge on any atom is 0.251 e. The van der Waals surface area contributed by atoms with Gasteiger partial charge in [0.15, 0.2) is 0 Å². The van der Waals surface area contributed by atoms with Gasteiger partial charge in [0.1, 0.15) is 0 Å². The first-order valence-electron chi connectivity index (χ1n) is 3.69. The maximum absolute atomic E-state index is 12.3. The summed E-state index contributed by atoms with van der Waals surface area (Å²) >= 11 is 0. The van der Waals surface area contributed by atoms with Gasteiger partial charge < -0.3 is 0 Å². The van der Waals surface area contributed by atoms with E-state index in [1.54, 1.807) is 0 Å². The van der Waals surface area contributed by atoms with Crippen molar-refractivity contribution in [1.82, 2.24) is 0 Å². The van der Waals surface area contributed by atoms with Gasteiger partial charge in [-0.1, -0.05) is 20.8 Å². The number of alkyl halides is 2. The molecule has 1 atom stereocenters. The smallest absolute Gasteiger partial charge is 0.207 e. The third-order valence-corrected chi connectivity index (χ3v) is 1.81. The highest BCUT2D eigenvalue weighted by Crippen LogP contribution is 2.53. The highest BCUT2D eigenvalue weighted by molar-refractivity contribution is 4.96. The quantitative estimate of drug-likeness (QED) is 0.536. The van der Waals surface area contributed by atoms with E-state index in [9.17, 15) is 8.78 Å². The summed E-state index contributed by atoms with van der Waals surface area (Å²) in [4.78, 5) is 0. The Bertz CT molecular complexity index is 133. The zero-order valence-corrected chi connectivity index (χ0v) is 6.75. The van der Waals surface area contributed by atoms with E-state index in [0.717, 1.165) is 0 Å². The molecule has 0 unspecified atom stereocenters. The van der Waals surface area contributed by atoms with Crippen molar-refractivity contribution in [3.63, 3.8) is 0 Å². The molecule has 1 aliphatic carbocycles. The van der Waals surface area contributed by atoms with Gasteiger partial charge in [-0.15, -0.1) is 0 Å². The standard InChI is InChI=1S/C8H14F2/c1-7(2,3)4-6-5-8(6,9)10/h6H,4-5H2,1-3H3/t6-/m0/s1. The van der Waals surface area contributed by atoms with Gasteiger partial charge in [-0.2, -0.15) is 0 Å². The van der Waals surface area contributed by atoms with Gasteiger partial charge in [0, 0.05) is 12.3 Å². The topological polar surface area (TPSA) is 0 Å². The molecule has 0 nitrogen and oxygen atoms in total. The molecule has 1 fully saturated rings. The molecule has 1 saturated carbocycles. The van der Waals surface area contributed by atoms with Crippen LogP contribution in [-0.4, -0.2) is 5.92 Å². The summed E-state index contributed by atoms with van der Waals surface area (Å²) in [6.07, 6.45) is 0.768. The van der Waals surface area contributed by atoms with Crippen molar-refractivity contribution < 1.29 is 8.78 Å². The predicted octanol–water partition coefficient (Wildman–Crippen LogP) is 3.08. The van der Waals surface area contributed by atoms with Crippen molar-refractivity contribution in [3.05, 3.63) is 0 Å². The Hall–Kier alpha value is -0.140. The van der Waals surface area contributed by atoms with E-state index < -0.39 is 5.92 Å². The van der Waals surface area contributed by atoms with Crippen LogP contribution in [0.5, 0.6) is 0 Å². The molecule has 0 bridgehead atoms. The molecule has 2 heteroatoms. The van der Waals surface area contributed by atoms with Crippen LogP contribution in [0.2, 0.25) is 0 Å². The largest absolute Gasteiger partial charge is 0.251 e. The lowest BCUT2D eigenvalue weighted by Gasteiger charge is -2.16. The van der Waals surface area contributed by atoms with E-state index in [2.05, 4.69) is 0 Å². The SMILES string of the molecule is CC(C)(C)C[C@H]1CC1(F)F. The monoisotopic (exact) mass is 148 g/mol. The normalized spacial score (nSPS) is 30.3. The molecule has 0 heterocycles. The molecular formula is C8H14F2. The minimum atomic E-state index is -2.33. The molecule has 0 aliphatic heterocycles. The summed E-state index contributed by atoms with van der Waals surface area (Å²) in [6, 6.07) is 0. The molecule has 0 aromatic heterocycles. The van der Waals surface area contributed by atoms with Gasteiger partial charge in [-0.05, 0) is 11.8 Å². The fourth-order valence-electron chi connectivity index (χ4n) is 1.23. The van der Waals surface area contributed by atoms with E-state index in [4.69, 9.17) is 0 Å². The minimum absolute atomic E-state index is 0.0601. The van der Waals surface area contributed by atoms with E-state index in [1.807, 2.05) is 20.8 Å². The Balaban J connectivity index is 2.31. The third kappa shape index (κ3) is 1.93. The van der Waals surface area contributed by atoms with Crippen LogP contribution >= 0.6 is 0 Å². The molecule has 60 valence electrons. The lowest BCUT2D eigenvalue weighted by atomic mass is 9.90. The lowest BCUT2D eigenvalue weighted by molar-refractivity contribution is 0.0884. The lowest BCUT2D eigenvalue weighted by Crippen LogP contribution is -2.08. The first kappa shape index (κ1) is 7.96. The summed E-state index contributed by atoms with van der Waals surface area (Å²) in [6.45, 7) is 6.00. The van der Waals surface area contributed by atoms with E-state index >= 15 is 0 Å². The molecule has 10 heavy (non-hydrogen) atoms. The fourth-order valence-corrected chi connectivity index (χ4v) is 1.23. The van der Waals surface area contributed by atoms with Crippen LogP contribution < -0.4 is 0 Å². The molecule has 1 rings (SSSR count). The van der Waals surface area contributed by atoms with E-state index in [1.165, 1.54) is 0 Å². The molecule has 0 spiro atoms. The average molecular weight is 148 g/mol. The van der Waals surface area contributed by atoms with Gasteiger partial charge in [-0.3, -0.25) is 0 Å². The summed E-state index contributed by atoms with van der Waals surface area (Å²) in [7, 11) is 0. The van der Waals surface area contributed by atoms with Crippen molar-refractivity contribution in [1.29, 1.82) is 0 Å². The Kier molecular flexibility index (Phi) is 1.53. The zero-order chi connectivity index (χ0) is 7.99. The highest BCUT2D eigenvalue weighted by atomic mass is 19.3. The summed E-state index contributed by atoms with van der Waals surface area (Å²) < 4.78 is 24.7. The minimum Gasteiger partial charge on any atom is -0.207 e. The molecule has 0 saturated heterocycles. The van der Waals surface area contributed by atoms with E-state index in [-0.39, 0.29) is 17.8 Å². The van der Waals surface area contributed by atoms with Crippen LogP contribution in [0.1, 0.15) is 33.6 Å². The highest BCUT2D eigenvalue weighted by Gasteiger charge is 2.57. The summed E-state index contributed by atoms with van der Waals surface area (Å²) in [5, 5.41) is 0. The van der Waals surface area contributed by atoms with Gasteiger partial charge in [0.2, 0.25) is 0 Å². The third-order valence-electron chi connectivity index (χ3n) is 1.81. The molecule has 1 aliphatic rings. The second kappa shape index (κ2) is 1.93. The van der Waals surface area contributed by atoms with Gasteiger partial charge in [0.05, 0.1) is 0 Å². The molecule has 0 aromatic carbocycles. The molecule has 0 amide bonds.